The second kappa shape index (κ2) is 6.57. The van der Waals surface area contributed by atoms with Gasteiger partial charge in [-0.1, -0.05) is 12.1 Å². The molecule has 0 unspecified atom stereocenters. The van der Waals surface area contributed by atoms with Crippen molar-refractivity contribution in [2.45, 2.75) is 26.8 Å². The van der Waals surface area contributed by atoms with Crippen molar-refractivity contribution in [3.63, 3.8) is 0 Å². The fraction of sp³-hybridized carbons (Fsp3) is 0.462. The van der Waals surface area contributed by atoms with E-state index < -0.39 is 0 Å². The Morgan fingerprint density at radius 1 is 1.41 bits per heavy atom. The molecule has 0 aromatic heterocycles. The number of methoxy groups -OCH3 is 1. The highest BCUT2D eigenvalue weighted by Crippen LogP contribution is 2.17. The summed E-state index contributed by atoms with van der Waals surface area (Å²) < 4.78 is 5.05. The summed E-state index contributed by atoms with van der Waals surface area (Å²) in [5.74, 6) is 0. The van der Waals surface area contributed by atoms with E-state index in [0.717, 1.165) is 5.69 Å². The Hall–Kier alpha value is -1.13. The van der Waals surface area contributed by atoms with Gasteiger partial charge in [0, 0.05) is 18.8 Å². The van der Waals surface area contributed by atoms with Crippen molar-refractivity contribution >= 4 is 23.0 Å². The predicted molar refractivity (Wildman–Crippen MR) is 76.6 cm³/mol. The molecule has 4 heteroatoms. The largest absolute Gasteiger partial charge is 0.383 e. The van der Waals surface area contributed by atoms with E-state index in [1.54, 1.807) is 7.11 Å². The lowest BCUT2D eigenvalue weighted by molar-refractivity contribution is 0.179. The lowest BCUT2D eigenvalue weighted by atomic mass is 10.1. The van der Waals surface area contributed by atoms with Gasteiger partial charge in [0.15, 0.2) is 5.11 Å². The van der Waals surface area contributed by atoms with E-state index in [1.165, 1.54) is 11.1 Å². The first-order valence-electron chi connectivity index (χ1n) is 5.67. The summed E-state index contributed by atoms with van der Waals surface area (Å²) in [6.07, 6.45) is 0. The molecule has 0 amide bonds. The third-order valence-corrected chi connectivity index (χ3v) is 2.87. The average Bonchev–Trinajstić information content (AvgIpc) is 2.25. The molecule has 1 aromatic rings. The van der Waals surface area contributed by atoms with Gasteiger partial charge in [-0.05, 0) is 50.2 Å². The molecule has 94 valence electrons. The first kappa shape index (κ1) is 13.9. The van der Waals surface area contributed by atoms with Crippen LogP contribution in [0.15, 0.2) is 18.2 Å². The molecule has 1 aromatic carbocycles. The maximum Gasteiger partial charge on any atom is 0.171 e. The summed E-state index contributed by atoms with van der Waals surface area (Å²) in [7, 11) is 1.68. The van der Waals surface area contributed by atoms with Gasteiger partial charge in [-0.2, -0.15) is 0 Å². The van der Waals surface area contributed by atoms with Gasteiger partial charge in [-0.15, -0.1) is 0 Å². The molecule has 0 spiro atoms. The number of aryl methyl sites for hydroxylation is 1. The van der Waals surface area contributed by atoms with Crippen LogP contribution in [-0.4, -0.2) is 24.9 Å². The number of hydrogen-bond donors (Lipinski definition) is 2. The Morgan fingerprint density at radius 2 is 2.12 bits per heavy atom. The first-order valence-corrected chi connectivity index (χ1v) is 6.08. The van der Waals surface area contributed by atoms with E-state index in [-0.39, 0.29) is 6.04 Å². The third kappa shape index (κ3) is 4.32. The van der Waals surface area contributed by atoms with Gasteiger partial charge in [0.05, 0.1) is 6.61 Å². The fourth-order valence-electron chi connectivity index (χ4n) is 1.56. The molecule has 0 heterocycles. The summed E-state index contributed by atoms with van der Waals surface area (Å²) in [6, 6.07) is 6.33. The minimum atomic E-state index is 0.199. The SMILES string of the molecule is COC[C@H](C)NC(=S)Nc1cccc(C)c1C. The molecule has 1 rings (SSSR count). The van der Waals surface area contributed by atoms with Crippen LogP contribution in [0.5, 0.6) is 0 Å². The summed E-state index contributed by atoms with van der Waals surface area (Å²) >= 11 is 5.25. The normalized spacial score (nSPS) is 12.0. The topological polar surface area (TPSA) is 33.3 Å². The molecule has 2 N–H and O–H groups in total. The fourth-order valence-corrected chi connectivity index (χ4v) is 1.87. The van der Waals surface area contributed by atoms with Crippen molar-refractivity contribution < 1.29 is 4.74 Å². The second-order valence-corrected chi connectivity index (χ2v) is 4.61. The minimum Gasteiger partial charge on any atom is -0.383 e. The van der Waals surface area contributed by atoms with Crippen molar-refractivity contribution in [1.82, 2.24) is 5.32 Å². The van der Waals surface area contributed by atoms with Crippen molar-refractivity contribution in [2.24, 2.45) is 0 Å². The summed E-state index contributed by atoms with van der Waals surface area (Å²) in [6.45, 7) is 6.83. The van der Waals surface area contributed by atoms with Gasteiger partial charge in [0.2, 0.25) is 0 Å². The highest BCUT2D eigenvalue weighted by Gasteiger charge is 2.05. The highest BCUT2D eigenvalue weighted by atomic mass is 32.1. The summed E-state index contributed by atoms with van der Waals surface area (Å²) in [5, 5.41) is 7.00. The molecular formula is C13H20N2OS. The van der Waals surface area contributed by atoms with E-state index >= 15 is 0 Å². The number of rotatable bonds is 4. The lowest BCUT2D eigenvalue weighted by Crippen LogP contribution is -2.38. The number of anilines is 1. The van der Waals surface area contributed by atoms with E-state index in [0.29, 0.717) is 11.7 Å². The van der Waals surface area contributed by atoms with Gasteiger partial charge in [0.25, 0.3) is 0 Å². The van der Waals surface area contributed by atoms with Gasteiger partial charge in [-0.3, -0.25) is 0 Å². The van der Waals surface area contributed by atoms with Crippen molar-refractivity contribution in [3.05, 3.63) is 29.3 Å². The molecule has 0 saturated heterocycles. The summed E-state index contributed by atoms with van der Waals surface area (Å²) in [4.78, 5) is 0. The maximum atomic E-state index is 5.25. The molecule has 0 aliphatic heterocycles. The number of ether oxygens (including phenoxy) is 1. The van der Waals surface area contributed by atoms with Gasteiger partial charge < -0.3 is 15.4 Å². The number of nitrogens with one attached hydrogen (secondary N) is 2. The molecule has 1 atom stereocenters. The number of hydrogen-bond acceptors (Lipinski definition) is 2. The van der Waals surface area contributed by atoms with E-state index in [1.807, 2.05) is 19.1 Å². The molecule has 0 fully saturated rings. The highest BCUT2D eigenvalue weighted by molar-refractivity contribution is 7.80. The molecule has 0 aliphatic rings. The van der Waals surface area contributed by atoms with Crippen LogP contribution in [0.1, 0.15) is 18.1 Å². The van der Waals surface area contributed by atoms with Crippen LogP contribution in [-0.2, 0) is 4.74 Å². The van der Waals surface area contributed by atoms with Crippen LogP contribution in [0.2, 0.25) is 0 Å². The Kier molecular flexibility index (Phi) is 5.38. The molecule has 3 nitrogen and oxygen atoms in total. The zero-order valence-corrected chi connectivity index (χ0v) is 11.6. The van der Waals surface area contributed by atoms with Crippen LogP contribution < -0.4 is 10.6 Å². The van der Waals surface area contributed by atoms with Crippen LogP contribution >= 0.6 is 12.2 Å². The molecule has 0 saturated carbocycles. The zero-order chi connectivity index (χ0) is 12.8. The van der Waals surface area contributed by atoms with Crippen molar-refractivity contribution in [3.8, 4) is 0 Å². The lowest BCUT2D eigenvalue weighted by Gasteiger charge is -2.17. The first-order chi connectivity index (χ1) is 8.04. The number of benzene rings is 1. The summed E-state index contributed by atoms with van der Waals surface area (Å²) in [5.41, 5.74) is 3.52. The maximum absolute atomic E-state index is 5.25. The molecule has 0 radical (unpaired) electrons. The molecule has 0 aliphatic carbocycles. The molecule has 0 bridgehead atoms. The third-order valence-electron chi connectivity index (χ3n) is 2.65. The second-order valence-electron chi connectivity index (χ2n) is 4.20. The molecule has 17 heavy (non-hydrogen) atoms. The van der Waals surface area contributed by atoms with Gasteiger partial charge >= 0.3 is 0 Å². The van der Waals surface area contributed by atoms with E-state index in [4.69, 9.17) is 17.0 Å². The van der Waals surface area contributed by atoms with Crippen molar-refractivity contribution in [2.75, 3.05) is 19.0 Å². The van der Waals surface area contributed by atoms with Crippen LogP contribution in [0, 0.1) is 13.8 Å². The average molecular weight is 252 g/mol. The van der Waals surface area contributed by atoms with Gasteiger partial charge in [-0.25, -0.2) is 0 Å². The van der Waals surface area contributed by atoms with Crippen LogP contribution in [0.3, 0.4) is 0 Å². The standard InChI is InChI=1S/C13H20N2OS/c1-9-6-5-7-12(11(9)3)15-13(17)14-10(2)8-16-4/h5-7,10H,8H2,1-4H3,(H2,14,15,17)/t10-/m0/s1. The van der Waals surface area contributed by atoms with Crippen LogP contribution in [0.4, 0.5) is 5.69 Å². The smallest absolute Gasteiger partial charge is 0.171 e. The molecular weight excluding hydrogens is 232 g/mol. The Bertz CT molecular complexity index is 393. The Labute approximate surface area is 109 Å². The zero-order valence-electron chi connectivity index (χ0n) is 10.8. The minimum absolute atomic E-state index is 0.199. The monoisotopic (exact) mass is 252 g/mol. The Balaban J connectivity index is 2.59. The van der Waals surface area contributed by atoms with Crippen LogP contribution in [0.25, 0.3) is 0 Å². The van der Waals surface area contributed by atoms with Gasteiger partial charge in [0.1, 0.15) is 0 Å². The predicted octanol–water partition coefficient (Wildman–Crippen LogP) is 2.62. The van der Waals surface area contributed by atoms with E-state index in [9.17, 15) is 0 Å². The number of thiocarbonyl (C=S) groups is 1. The van der Waals surface area contributed by atoms with Crippen molar-refractivity contribution in [1.29, 1.82) is 0 Å². The quantitative estimate of drug-likeness (QED) is 0.807. The Morgan fingerprint density at radius 3 is 2.76 bits per heavy atom. The van der Waals surface area contributed by atoms with E-state index in [2.05, 4.69) is 30.5 Å².